The molecule has 0 amide bonds. The van der Waals surface area contributed by atoms with Crippen LogP contribution < -0.4 is 0 Å². The lowest BCUT2D eigenvalue weighted by Gasteiger charge is -2.38. The summed E-state index contributed by atoms with van der Waals surface area (Å²) in [6, 6.07) is 1.14. The first-order chi connectivity index (χ1) is 8.88. The maximum Gasteiger partial charge on any atom is 0.336 e. The van der Waals surface area contributed by atoms with Gasteiger partial charge in [0.1, 0.15) is 0 Å². The fraction of sp³-hybridized carbons (Fsp3) is 1.00. The van der Waals surface area contributed by atoms with Crippen LogP contribution in [0.3, 0.4) is 0 Å². The molecule has 0 aromatic heterocycles. The lowest BCUT2D eigenvalue weighted by molar-refractivity contribution is -0.0286. The molecule has 1 saturated heterocycles. The van der Waals surface area contributed by atoms with E-state index < -0.39 is 26.5 Å². The number of hydrogen-bond donors (Lipinski definition) is 0. The Morgan fingerprint density at radius 2 is 1.63 bits per heavy atom. The van der Waals surface area contributed by atoms with E-state index in [1.165, 1.54) is 13.0 Å². The van der Waals surface area contributed by atoms with Crippen molar-refractivity contribution in [2.45, 2.75) is 52.1 Å². The van der Waals surface area contributed by atoms with Gasteiger partial charge in [0.05, 0.1) is 31.4 Å². The highest BCUT2D eigenvalue weighted by atomic mass is 28.4. The molecule has 1 aliphatic rings. The molecule has 1 heterocycles. The molecule has 4 nitrogen and oxygen atoms in total. The zero-order valence-electron chi connectivity index (χ0n) is 13.6. The molecule has 0 saturated carbocycles. The van der Waals surface area contributed by atoms with E-state index in [0.717, 1.165) is 26.1 Å². The largest absolute Gasteiger partial charge is 0.381 e. The summed E-state index contributed by atoms with van der Waals surface area (Å²) in [5, 5.41) is 0. The summed E-state index contributed by atoms with van der Waals surface area (Å²) in [6.07, 6.45) is 1.24. The summed E-state index contributed by atoms with van der Waals surface area (Å²) in [7, 11) is -3.14. The highest BCUT2D eigenvalue weighted by Gasteiger charge is 2.35. The fourth-order valence-electron chi connectivity index (χ4n) is 2.56. The van der Waals surface area contributed by atoms with E-state index in [1.807, 2.05) is 0 Å². The molecular formula is C12H32N2O2Si3. The van der Waals surface area contributed by atoms with Crippen molar-refractivity contribution in [3.8, 4) is 0 Å². The Hall–Kier alpha value is 0.491. The first-order valence-corrected chi connectivity index (χ1v) is 15.8. The summed E-state index contributed by atoms with van der Waals surface area (Å²) in [4.78, 5) is 2.20. The monoisotopic (exact) mass is 320 g/mol. The molecule has 0 radical (unpaired) electrons. The van der Waals surface area contributed by atoms with Crippen LogP contribution in [0.5, 0.6) is 0 Å². The van der Waals surface area contributed by atoms with E-state index in [0.29, 0.717) is 0 Å². The third kappa shape index (κ3) is 5.78. The van der Waals surface area contributed by atoms with Crippen LogP contribution in [0.4, 0.5) is 0 Å². The summed E-state index contributed by atoms with van der Waals surface area (Å²) in [6.45, 7) is 18.0. The second-order valence-electron chi connectivity index (χ2n) is 6.20. The van der Waals surface area contributed by atoms with Gasteiger partial charge in [-0.05, 0) is 32.1 Å². The Balaban J connectivity index is 2.32. The molecule has 114 valence electrons. The van der Waals surface area contributed by atoms with Gasteiger partial charge in [0.15, 0.2) is 0 Å². The average Bonchev–Trinajstić information content (AvgIpc) is 2.34. The summed E-state index contributed by atoms with van der Waals surface area (Å²) in [5.74, 6) is 0. The van der Waals surface area contributed by atoms with Gasteiger partial charge in [-0.25, -0.2) is 0 Å². The first-order valence-electron chi connectivity index (χ1n) is 7.64. The summed E-state index contributed by atoms with van der Waals surface area (Å²) < 4.78 is 14.9. The number of rotatable bonds is 7. The van der Waals surface area contributed by atoms with Crippen molar-refractivity contribution >= 4 is 26.5 Å². The maximum absolute atomic E-state index is 6.02. The molecule has 0 aromatic rings. The van der Waals surface area contributed by atoms with Gasteiger partial charge in [-0.3, -0.25) is 4.90 Å². The molecule has 1 aliphatic heterocycles. The minimum atomic E-state index is -1.87. The minimum Gasteiger partial charge on any atom is -0.381 e. The van der Waals surface area contributed by atoms with Gasteiger partial charge in [0.2, 0.25) is 0 Å². The van der Waals surface area contributed by atoms with Crippen LogP contribution in [-0.4, -0.2) is 62.2 Å². The van der Waals surface area contributed by atoms with Crippen LogP contribution in [0.1, 0.15) is 13.3 Å². The SMILES string of the molecule is CCN1CO[Si](C)(CCCN([SiH](C)C)[SiH](C)C)OC1. The molecule has 19 heavy (non-hydrogen) atoms. The van der Waals surface area contributed by atoms with Gasteiger partial charge in [0.25, 0.3) is 0 Å². The molecule has 0 aromatic carbocycles. The van der Waals surface area contributed by atoms with E-state index in [2.05, 4.69) is 48.8 Å². The van der Waals surface area contributed by atoms with Crippen molar-refractivity contribution in [3.05, 3.63) is 0 Å². The van der Waals surface area contributed by atoms with Crippen molar-refractivity contribution in [2.75, 3.05) is 26.6 Å². The van der Waals surface area contributed by atoms with Gasteiger partial charge in [-0.15, -0.1) is 0 Å². The van der Waals surface area contributed by atoms with Gasteiger partial charge in [-0.2, -0.15) is 0 Å². The van der Waals surface area contributed by atoms with Crippen LogP contribution >= 0.6 is 0 Å². The lowest BCUT2D eigenvalue weighted by atomic mass is 10.5. The molecule has 0 unspecified atom stereocenters. The zero-order valence-corrected chi connectivity index (χ0v) is 16.9. The quantitative estimate of drug-likeness (QED) is 0.670. The molecule has 7 heteroatoms. The predicted octanol–water partition coefficient (Wildman–Crippen LogP) is 2.00. The zero-order chi connectivity index (χ0) is 14.5. The van der Waals surface area contributed by atoms with Crippen molar-refractivity contribution in [3.63, 3.8) is 0 Å². The molecule has 0 atom stereocenters. The summed E-state index contributed by atoms with van der Waals surface area (Å²) >= 11 is 0. The highest BCUT2D eigenvalue weighted by Crippen LogP contribution is 2.21. The Labute approximate surface area is 123 Å². The molecule has 0 aliphatic carbocycles. The molecule has 0 spiro atoms. The van der Waals surface area contributed by atoms with E-state index in [4.69, 9.17) is 8.85 Å². The number of nitrogens with zero attached hydrogens (tertiary/aromatic N) is 2. The average molecular weight is 321 g/mol. The second-order valence-corrected chi connectivity index (χ2v) is 15.8. The van der Waals surface area contributed by atoms with E-state index in [9.17, 15) is 0 Å². The Bertz CT molecular complexity index is 251. The van der Waals surface area contributed by atoms with Crippen LogP contribution in [-0.2, 0) is 8.85 Å². The van der Waals surface area contributed by atoms with Crippen LogP contribution in [0, 0.1) is 0 Å². The fourth-order valence-corrected chi connectivity index (χ4v) is 10.8. The first kappa shape index (κ1) is 17.5. The Kier molecular flexibility index (Phi) is 7.44. The van der Waals surface area contributed by atoms with Crippen molar-refractivity contribution in [1.29, 1.82) is 0 Å². The van der Waals surface area contributed by atoms with Gasteiger partial charge < -0.3 is 13.1 Å². The number of hydrogen-bond acceptors (Lipinski definition) is 4. The van der Waals surface area contributed by atoms with E-state index in [-0.39, 0.29) is 0 Å². The second kappa shape index (κ2) is 8.06. The smallest absolute Gasteiger partial charge is 0.336 e. The standard InChI is InChI=1S/C12H32N2O2Si3/c1-7-13-11-15-19(6,16-12-13)10-8-9-14(17(2)3)18(4)5/h17-18H,7-12H2,1-6H3. The maximum atomic E-state index is 6.02. The van der Waals surface area contributed by atoms with Gasteiger partial charge >= 0.3 is 8.56 Å². The van der Waals surface area contributed by atoms with E-state index >= 15 is 0 Å². The normalized spacial score (nSPS) is 20.7. The van der Waals surface area contributed by atoms with Crippen molar-refractivity contribution < 1.29 is 8.85 Å². The molecule has 1 fully saturated rings. The molecule has 1 rings (SSSR count). The topological polar surface area (TPSA) is 24.9 Å². The van der Waals surface area contributed by atoms with Crippen molar-refractivity contribution in [1.82, 2.24) is 9.13 Å². The minimum absolute atomic E-state index is 0.635. The van der Waals surface area contributed by atoms with E-state index in [1.54, 1.807) is 0 Å². The molecular weight excluding hydrogens is 288 g/mol. The van der Waals surface area contributed by atoms with Crippen LogP contribution in [0.25, 0.3) is 0 Å². The molecule has 0 N–H and O–H groups in total. The van der Waals surface area contributed by atoms with Crippen LogP contribution in [0.15, 0.2) is 0 Å². The van der Waals surface area contributed by atoms with Crippen LogP contribution in [0.2, 0.25) is 38.8 Å². The predicted molar refractivity (Wildman–Crippen MR) is 89.8 cm³/mol. The summed E-state index contributed by atoms with van der Waals surface area (Å²) in [5.41, 5.74) is 0. The molecule has 0 bridgehead atoms. The Morgan fingerprint density at radius 1 is 1.11 bits per heavy atom. The van der Waals surface area contributed by atoms with Gasteiger partial charge in [0, 0.05) is 0 Å². The highest BCUT2D eigenvalue weighted by molar-refractivity contribution is 6.70. The Morgan fingerprint density at radius 3 is 2.05 bits per heavy atom. The van der Waals surface area contributed by atoms with Crippen molar-refractivity contribution in [2.24, 2.45) is 0 Å². The third-order valence-corrected chi connectivity index (χ3v) is 13.4. The lowest BCUT2D eigenvalue weighted by Crippen LogP contribution is -2.51. The van der Waals surface area contributed by atoms with Gasteiger partial charge in [-0.1, -0.05) is 33.1 Å². The third-order valence-electron chi connectivity index (χ3n) is 3.93.